The molecular weight excluding hydrogens is 264 g/mol. The number of rotatable bonds is 4. The second-order valence-corrected chi connectivity index (χ2v) is 8.41. The first kappa shape index (κ1) is 16.7. The summed E-state index contributed by atoms with van der Waals surface area (Å²) in [5.74, 6) is 0.882. The van der Waals surface area contributed by atoms with Crippen LogP contribution in [0.4, 0.5) is 0 Å². The molecule has 1 unspecified atom stereocenters. The summed E-state index contributed by atoms with van der Waals surface area (Å²) in [7, 11) is 0. The summed E-state index contributed by atoms with van der Waals surface area (Å²) in [4.78, 5) is 24.3. The average molecular weight is 294 g/mol. The third-order valence-electron chi connectivity index (χ3n) is 5.71. The molecule has 3 heteroatoms. The van der Waals surface area contributed by atoms with Crippen molar-refractivity contribution in [3.05, 3.63) is 0 Å². The van der Waals surface area contributed by atoms with Crippen molar-refractivity contribution in [3.63, 3.8) is 0 Å². The Bertz CT molecular complexity index is 449. The molecule has 1 aliphatic carbocycles. The molecule has 2 fully saturated rings. The maximum absolute atomic E-state index is 13.1. The first-order chi connectivity index (χ1) is 9.50. The lowest BCUT2D eigenvalue weighted by Crippen LogP contribution is -2.48. The van der Waals surface area contributed by atoms with E-state index in [1.165, 1.54) is 0 Å². The van der Waals surface area contributed by atoms with Crippen molar-refractivity contribution in [2.75, 3.05) is 0 Å². The summed E-state index contributed by atoms with van der Waals surface area (Å²) in [5, 5.41) is 0. The van der Waals surface area contributed by atoms with Crippen molar-refractivity contribution in [1.82, 2.24) is 0 Å². The van der Waals surface area contributed by atoms with E-state index in [1.54, 1.807) is 6.92 Å². The van der Waals surface area contributed by atoms with Crippen LogP contribution in [-0.2, 0) is 14.3 Å². The third-order valence-corrected chi connectivity index (χ3v) is 5.71. The largest absolute Gasteiger partial charge is 0.369 e. The number of hydrogen-bond acceptors (Lipinski definition) is 3. The van der Waals surface area contributed by atoms with Crippen molar-refractivity contribution in [2.24, 2.45) is 17.3 Å². The summed E-state index contributed by atoms with van der Waals surface area (Å²) < 4.78 is 6.21. The molecule has 3 nitrogen and oxygen atoms in total. The fourth-order valence-electron chi connectivity index (χ4n) is 4.66. The van der Waals surface area contributed by atoms with Crippen LogP contribution < -0.4 is 0 Å². The van der Waals surface area contributed by atoms with E-state index in [-0.39, 0.29) is 28.3 Å². The molecule has 3 atom stereocenters. The fourth-order valence-corrected chi connectivity index (χ4v) is 4.66. The van der Waals surface area contributed by atoms with Gasteiger partial charge in [0.25, 0.3) is 0 Å². The molecule has 0 bridgehead atoms. The molecule has 21 heavy (non-hydrogen) atoms. The normalized spacial score (nSPS) is 37.3. The van der Waals surface area contributed by atoms with Crippen molar-refractivity contribution in [2.45, 2.75) is 84.8 Å². The zero-order valence-electron chi connectivity index (χ0n) is 14.4. The molecule has 120 valence electrons. The Kier molecular flexibility index (Phi) is 4.12. The lowest BCUT2D eigenvalue weighted by atomic mass is 9.58. The van der Waals surface area contributed by atoms with Gasteiger partial charge in [0.05, 0.1) is 17.1 Å². The van der Waals surface area contributed by atoms with Crippen LogP contribution >= 0.6 is 0 Å². The van der Waals surface area contributed by atoms with Gasteiger partial charge in [-0.3, -0.25) is 4.79 Å². The Morgan fingerprint density at radius 3 is 2.38 bits per heavy atom. The Hall–Kier alpha value is -0.700. The van der Waals surface area contributed by atoms with Crippen LogP contribution in [-0.4, -0.2) is 22.8 Å². The van der Waals surface area contributed by atoms with Gasteiger partial charge in [-0.05, 0) is 66.2 Å². The molecule has 0 N–H and O–H groups in total. The highest BCUT2D eigenvalue weighted by molar-refractivity contribution is 5.89. The molecule has 1 heterocycles. The van der Waals surface area contributed by atoms with Crippen LogP contribution in [0.15, 0.2) is 0 Å². The minimum atomic E-state index is -0.381. The minimum Gasteiger partial charge on any atom is -0.369 e. The molecular formula is C18H30O3. The molecule has 0 spiro atoms. The molecule has 0 aromatic heterocycles. The number of ketones is 2. The van der Waals surface area contributed by atoms with Crippen LogP contribution in [0.1, 0.15) is 73.6 Å². The third kappa shape index (κ3) is 2.94. The van der Waals surface area contributed by atoms with Gasteiger partial charge in [-0.1, -0.05) is 6.92 Å². The smallest absolute Gasteiger partial charge is 0.145 e. The first-order valence-electron chi connectivity index (χ1n) is 8.23. The van der Waals surface area contributed by atoms with Crippen molar-refractivity contribution in [3.8, 4) is 0 Å². The number of carbonyl (C=O) groups excluding carboxylic acids is 2. The van der Waals surface area contributed by atoms with Crippen molar-refractivity contribution in [1.29, 1.82) is 0 Å². The number of Topliss-reactive ketones (excluding diaryl/α,β-unsaturated/α-hetero) is 2. The summed E-state index contributed by atoms with van der Waals surface area (Å²) in [6.07, 6.45) is 4.20. The van der Waals surface area contributed by atoms with E-state index in [9.17, 15) is 9.59 Å². The van der Waals surface area contributed by atoms with E-state index in [0.717, 1.165) is 25.7 Å². The highest BCUT2D eigenvalue weighted by atomic mass is 16.5. The van der Waals surface area contributed by atoms with E-state index in [1.807, 2.05) is 0 Å². The Labute approximate surface area is 128 Å². The van der Waals surface area contributed by atoms with Crippen molar-refractivity contribution < 1.29 is 14.3 Å². The van der Waals surface area contributed by atoms with Crippen LogP contribution in [0, 0.1) is 17.3 Å². The second-order valence-electron chi connectivity index (χ2n) is 8.41. The second kappa shape index (κ2) is 5.19. The Morgan fingerprint density at radius 1 is 1.19 bits per heavy atom. The van der Waals surface area contributed by atoms with Crippen molar-refractivity contribution >= 4 is 11.6 Å². The molecule has 0 amide bonds. The SMILES string of the molecule is CC(=O)CCC[C@]1(C)CC[C@@H]2C(C1=O)C(C)(C)OC2(C)C. The van der Waals surface area contributed by atoms with Gasteiger partial charge in [0.2, 0.25) is 0 Å². The van der Waals surface area contributed by atoms with Gasteiger partial charge in [-0.25, -0.2) is 0 Å². The van der Waals surface area contributed by atoms with Gasteiger partial charge in [-0.15, -0.1) is 0 Å². The molecule has 1 saturated heterocycles. The summed E-state index contributed by atoms with van der Waals surface area (Å²) in [5.41, 5.74) is -0.879. The quantitative estimate of drug-likeness (QED) is 0.789. The van der Waals surface area contributed by atoms with E-state index in [0.29, 0.717) is 18.1 Å². The number of ether oxygens (including phenoxy) is 1. The molecule has 2 aliphatic rings. The minimum absolute atomic E-state index is 0.0106. The lowest BCUT2D eigenvalue weighted by Gasteiger charge is -2.42. The highest BCUT2D eigenvalue weighted by Gasteiger charge is 2.61. The molecule has 0 aromatic rings. The number of fused-ring (bicyclic) bond motifs is 1. The number of carbonyl (C=O) groups is 2. The van der Waals surface area contributed by atoms with Crippen LogP contribution in [0.3, 0.4) is 0 Å². The predicted molar refractivity (Wildman–Crippen MR) is 83.1 cm³/mol. The summed E-state index contributed by atoms with van der Waals surface area (Å²) in [6, 6.07) is 0. The standard InChI is InChI=1S/C18H30O3/c1-12(19)8-7-10-18(6)11-9-13-14(15(18)20)17(4,5)21-16(13,2)3/h13-14H,7-11H2,1-6H3/t13-,14?,18-/m1/s1. The summed E-state index contributed by atoms with van der Waals surface area (Å²) >= 11 is 0. The van der Waals surface area contributed by atoms with Gasteiger partial charge in [0.15, 0.2) is 0 Å². The van der Waals surface area contributed by atoms with Gasteiger partial charge < -0.3 is 9.53 Å². The monoisotopic (exact) mass is 294 g/mol. The first-order valence-corrected chi connectivity index (χ1v) is 8.23. The zero-order valence-corrected chi connectivity index (χ0v) is 14.4. The zero-order chi connectivity index (χ0) is 16.1. The molecule has 0 radical (unpaired) electrons. The Morgan fingerprint density at radius 2 is 1.81 bits per heavy atom. The van der Waals surface area contributed by atoms with Crippen LogP contribution in [0.5, 0.6) is 0 Å². The van der Waals surface area contributed by atoms with Crippen LogP contribution in [0.25, 0.3) is 0 Å². The Balaban J connectivity index is 2.17. The maximum atomic E-state index is 13.1. The van der Waals surface area contributed by atoms with Crippen LogP contribution in [0.2, 0.25) is 0 Å². The fraction of sp³-hybridized carbons (Fsp3) is 0.889. The van der Waals surface area contributed by atoms with Gasteiger partial charge in [0.1, 0.15) is 11.6 Å². The lowest BCUT2D eigenvalue weighted by molar-refractivity contribution is -0.142. The van der Waals surface area contributed by atoms with E-state index >= 15 is 0 Å². The molecule has 1 saturated carbocycles. The molecule has 0 aromatic carbocycles. The summed E-state index contributed by atoms with van der Waals surface area (Å²) in [6.45, 7) is 12.1. The van der Waals surface area contributed by atoms with E-state index in [2.05, 4.69) is 34.6 Å². The average Bonchev–Trinajstić information content (AvgIpc) is 2.48. The maximum Gasteiger partial charge on any atom is 0.145 e. The van der Waals surface area contributed by atoms with Gasteiger partial charge >= 0.3 is 0 Å². The van der Waals surface area contributed by atoms with Gasteiger partial charge in [0, 0.05) is 11.8 Å². The topological polar surface area (TPSA) is 43.4 Å². The highest BCUT2D eigenvalue weighted by Crippen LogP contribution is 2.56. The van der Waals surface area contributed by atoms with E-state index < -0.39 is 0 Å². The predicted octanol–water partition coefficient (Wildman–Crippen LogP) is 3.93. The molecule has 1 aliphatic heterocycles. The van der Waals surface area contributed by atoms with Gasteiger partial charge in [-0.2, -0.15) is 0 Å². The van der Waals surface area contributed by atoms with E-state index in [4.69, 9.17) is 4.74 Å². The number of hydrogen-bond donors (Lipinski definition) is 0. The molecule has 2 rings (SSSR count).